The molecule has 2 rings (SSSR count). The van der Waals surface area contributed by atoms with Crippen LogP contribution < -0.4 is 10.5 Å². The lowest BCUT2D eigenvalue weighted by Crippen LogP contribution is -2.20. The normalized spacial score (nSPS) is 18.1. The number of halogens is 1. The monoisotopic (exact) mass is 282 g/mol. The molecule has 0 heterocycles. The molecule has 4 nitrogen and oxygen atoms in total. The van der Waals surface area contributed by atoms with E-state index in [1.54, 1.807) is 18.2 Å². The van der Waals surface area contributed by atoms with Crippen molar-refractivity contribution >= 4 is 17.4 Å². The van der Waals surface area contributed by atoms with E-state index in [2.05, 4.69) is 5.16 Å². The van der Waals surface area contributed by atoms with Crippen LogP contribution in [0.4, 0.5) is 0 Å². The average Bonchev–Trinajstić information content (AvgIpc) is 2.67. The molecule has 0 radical (unpaired) electrons. The molecular weight excluding hydrogens is 264 g/mol. The van der Waals surface area contributed by atoms with Crippen LogP contribution in [0.3, 0.4) is 0 Å². The van der Waals surface area contributed by atoms with Gasteiger partial charge in [0.2, 0.25) is 0 Å². The molecular formula is C14H19ClN2O2. The van der Waals surface area contributed by atoms with Gasteiger partial charge in [0.1, 0.15) is 5.75 Å². The van der Waals surface area contributed by atoms with Crippen LogP contribution in [0, 0.1) is 0 Å². The molecule has 0 saturated heterocycles. The van der Waals surface area contributed by atoms with E-state index in [4.69, 9.17) is 27.3 Å². The van der Waals surface area contributed by atoms with Crippen molar-refractivity contribution < 1.29 is 9.94 Å². The highest BCUT2D eigenvalue weighted by atomic mass is 35.5. The third-order valence-electron chi connectivity index (χ3n) is 3.42. The summed E-state index contributed by atoms with van der Waals surface area (Å²) in [6, 6.07) is 5.14. The molecule has 0 amide bonds. The quantitative estimate of drug-likeness (QED) is 0.293. The van der Waals surface area contributed by atoms with Crippen LogP contribution in [0.25, 0.3) is 0 Å². The van der Waals surface area contributed by atoms with Crippen LogP contribution in [0.2, 0.25) is 5.02 Å². The molecule has 0 aromatic heterocycles. The molecule has 104 valence electrons. The van der Waals surface area contributed by atoms with Gasteiger partial charge >= 0.3 is 0 Å². The fraction of sp³-hybridized carbons (Fsp3) is 0.500. The highest BCUT2D eigenvalue weighted by molar-refractivity contribution is 6.30. The molecule has 0 unspecified atom stereocenters. The van der Waals surface area contributed by atoms with Gasteiger partial charge in [0.15, 0.2) is 5.84 Å². The predicted octanol–water partition coefficient (Wildman–Crippen LogP) is 3.54. The van der Waals surface area contributed by atoms with Crippen molar-refractivity contribution in [1.29, 1.82) is 0 Å². The Morgan fingerprint density at radius 2 is 1.95 bits per heavy atom. The van der Waals surface area contributed by atoms with Crippen LogP contribution in [0.15, 0.2) is 23.4 Å². The maximum atomic E-state index is 8.81. The van der Waals surface area contributed by atoms with Crippen LogP contribution in [0.5, 0.6) is 5.75 Å². The Morgan fingerprint density at radius 1 is 1.26 bits per heavy atom. The van der Waals surface area contributed by atoms with E-state index in [0.717, 1.165) is 12.8 Å². The van der Waals surface area contributed by atoms with Crippen LogP contribution in [-0.2, 0) is 0 Å². The molecule has 1 saturated carbocycles. The molecule has 1 aromatic rings. The Kier molecular flexibility index (Phi) is 4.91. The minimum absolute atomic E-state index is 0.0419. The third-order valence-corrected chi connectivity index (χ3v) is 3.66. The molecule has 0 aliphatic heterocycles. The molecule has 5 heteroatoms. The lowest BCUT2D eigenvalue weighted by atomic mass is 10.1. The lowest BCUT2D eigenvalue weighted by Gasteiger charge is -2.19. The summed E-state index contributed by atoms with van der Waals surface area (Å²) in [5.74, 6) is 0.634. The molecule has 0 spiro atoms. The zero-order chi connectivity index (χ0) is 13.7. The zero-order valence-electron chi connectivity index (χ0n) is 10.8. The summed E-state index contributed by atoms with van der Waals surface area (Å²) < 4.78 is 6.01. The van der Waals surface area contributed by atoms with Crippen molar-refractivity contribution in [1.82, 2.24) is 0 Å². The highest BCUT2D eigenvalue weighted by Crippen LogP contribution is 2.28. The first-order chi connectivity index (χ1) is 9.20. The number of oxime groups is 1. The number of hydrogen-bond acceptors (Lipinski definition) is 3. The number of benzene rings is 1. The van der Waals surface area contributed by atoms with Gasteiger partial charge in [-0.1, -0.05) is 29.6 Å². The second-order valence-corrected chi connectivity index (χ2v) is 5.29. The number of amidine groups is 1. The second-order valence-electron chi connectivity index (χ2n) is 4.86. The van der Waals surface area contributed by atoms with Crippen molar-refractivity contribution in [2.45, 2.75) is 44.6 Å². The Morgan fingerprint density at radius 3 is 2.58 bits per heavy atom. The van der Waals surface area contributed by atoms with Gasteiger partial charge in [0.25, 0.3) is 0 Å². The molecule has 1 aromatic carbocycles. The highest BCUT2D eigenvalue weighted by Gasteiger charge is 2.17. The van der Waals surface area contributed by atoms with Gasteiger partial charge in [-0.3, -0.25) is 0 Å². The van der Waals surface area contributed by atoms with E-state index in [0.29, 0.717) is 16.3 Å². The minimum atomic E-state index is 0.0419. The van der Waals surface area contributed by atoms with Gasteiger partial charge < -0.3 is 15.7 Å². The first-order valence-electron chi connectivity index (χ1n) is 6.65. The number of hydrogen-bond donors (Lipinski definition) is 2. The average molecular weight is 283 g/mol. The van der Waals surface area contributed by atoms with Gasteiger partial charge in [0.05, 0.1) is 11.7 Å². The number of nitrogens with zero attached hydrogens (tertiary/aromatic N) is 1. The van der Waals surface area contributed by atoms with Crippen molar-refractivity contribution in [3.05, 3.63) is 28.8 Å². The molecule has 0 atom stereocenters. The van der Waals surface area contributed by atoms with Gasteiger partial charge in [-0.15, -0.1) is 0 Å². The van der Waals surface area contributed by atoms with E-state index in [1.165, 1.54) is 25.7 Å². The fourth-order valence-electron chi connectivity index (χ4n) is 2.40. The zero-order valence-corrected chi connectivity index (χ0v) is 11.6. The van der Waals surface area contributed by atoms with Crippen molar-refractivity contribution in [2.75, 3.05) is 0 Å². The summed E-state index contributed by atoms with van der Waals surface area (Å²) in [4.78, 5) is 0. The molecule has 19 heavy (non-hydrogen) atoms. The summed E-state index contributed by atoms with van der Waals surface area (Å²) >= 11 is 5.99. The van der Waals surface area contributed by atoms with E-state index in [9.17, 15) is 0 Å². The van der Waals surface area contributed by atoms with Gasteiger partial charge in [0, 0.05) is 5.02 Å². The first kappa shape index (κ1) is 14.0. The van der Waals surface area contributed by atoms with Gasteiger partial charge in [-0.05, 0) is 43.9 Å². The number of nitrogens with two attached hydrogens (primary N) is 1. The molecule has 3 N–H and O–H groups in total. The van der Waals surface area contributed by atoms with E-state index < -0.39 is 0 Å². The van der Waals surface area contributed by atoms with Gasteiger partial charge in [-0.2, -0.15) is 0 Å². The van der Waals surface area contributed by atoms with E-state index in [-0.39, 0.29) is 11.9 Å². The second kappa shape index (κ2) is 6.66. The number of ether oxygens (including phenoxy) is 1. The molecule has 1 aliphatic rings. The van der Waals surface area contributed by atoms with Crippen molar-refractivity contribution in [3.8, 4) is 5.75 Å². The van der Waals surface area contributed by atoms with E-state index >= 15 is 0 Å². The topological polar surface area (TPSA) is 67.8 Å². The molecule has 0 bridgehead atoms. The summed E-state index contributed by atoms with van der Waals surface area (Å²) in [5.41, 5.74) is 6.24. The van der Waals surface area contributed by atoms with Crippen molar-refractivity contribution in [2.24, 2.45) is 10.9 Å². The van der Waals surface area contributed by atoms with Crippen LogP contribution in [-0.4, -0.2) is 17.1 Å². The first-order valence-corrected chi connectivity index (χ1v) is 7.02. The SMILES string of the molecule is NC(=NO)c1ccc(Cl)cc1OC1CCCCCC1. The van der Waals surface area contributed by atoms with E-state index in [1.807, 2.05) is 0 Å². The largest absolute Gasteiger partial charge is 0.490 e. The molecule has 1 aliphatic carbocycles. The lowest BCUT2D eigenvalue weighted by molar-refractivity contribution is 0.183. The standard InChI is InChI=1S/C14H19ClN2O2/c15-10-7-8-12(14(16)17-18)13(9-10)19-11-5-3-1-2-4-6-11/h7-9,11,18H,1-6H2,(H2,16,17). The van der Waals surface area contributed by atoms with Crippen LogP contribution >= 0.6 is 11.6 Å². The maximum Gasteiger partial charge on any atom is 0.173 e. The summed E-state index contributed by atoms with van der Waals surface area (Å²) in [7, 11) is 0. The fourth-order valence-corrected chi connectivity index (χ4v) is 2.56. The number of rotatable bonds is 3. The summed E-state index contributed by atoms with van der Waals surface area (Å²) in [6.45, 7) is 0. The maximum absolute atomic E-state index is 8.81. The molecule has 1 fully saturated rings. The Labute approximate surface area is 118 Å². The Bertz CT molecular complexity index is 455. The smallest absolute Gasteiger partial charge is 0.173 e. The van der Waals surface area contributed by atoms with Crippen LogP contribution in [0.1, 0.15) is 44.1 Å². The summed E-state index contributed by atoms with van der Waals surface area (Å²) in [5, 5.41) is 12.4. The van der Waals surface area contributed by atoms with Gasteiger partial charge in [-0.25, -0.2) is 0 Å². The summed E-state index contributed by atoms with van der Waals surface area (Å²) in [6.07, 6.45) is 7.18. The predicted molar refractivity (Wildman–Crippen MR) is 76.1 cm³/mol. The minimum Gasteiger partial charge on any atom is -0.490 e. The Hall–Kier alpha value is -1.42. The van der Waals surface area contributed by atoms with Crippen molar-refractivity contribution in [3.63, 3.8) is 0 Å². The third kappa shape index (κ3) is 3.77. The Balaban J connectivity index is 2.19.